The predicted molar refractivity (Wildman–Crippen MR) is 65.5 cm³/mol. The van der Waals surface area contributed by atoms with Gasteiger partial charge in [0.05, 0.1) is 17.8 Å². The molecule has 4 nitrogen and oxygen atoms in total. The highest BCUT2D eigenvalue weighted by Gasteiger charge is 2.18. The second-order valence-electron chi connectivity index (χ2n) is 5.18. The van der Waals surface area contributed by atoms with Crippen molar-refractivity contribution in [2.75, 3.05) is 13.2 Å². The van der Waals surface area contributed by atoms with Gasteiger partial charge in [0.1, 0.15) is 0 Å². The molecule has 0 aromatic carbocycles. The molecule has 0 saturated carbocycles. The Kier molecular flexibility index (Phi) is 4.10. The number of hydrogen-bond donors (Lipinski definition) is 2. The van der Waals surface area contributed by atoms with Crippen LogP contribution in [0.2, 0.25) is 0 Å². The summed E-state index contributed by atoms with van der Waals surface area (Å²) >= 11 is 0. The molecule has 1 rings (SSSR count). The van der Waals surface area contributed by atoms with Crippen molar-refractivity contribution >= 4 is 0 Å². The van der Waals surface area contributed by atoms with Gasteiger partial charge in [-0.05, 0) is 34.6 Å². The summed E-state index contributed by atoms with van der Waals surface area (Å²) in [6.45, 7) is 11.3. The number of nitrogens with zero attached hydrogens (tertiary/aromatic N) is 2. The van der Waals surface area contributed by atoms with E-state index in [0.29, 0.717) is 6.54 Å². The third-order valence-corrected chi connectivity index (χ3v) is 2.65. The summed E-state index contributed by atoms with van der Waals surface area (Å²) in [5.41, 5.74) is 2.26. The largest absolute Gasteiger partial charge is 0.395 e. The van der Waals surface area contributed by atoms with Crippen LogP contribution >= 0.6 is 0 Å². The van der Waals surface area contributed by atoms with Crippen LogP contribution in [0.5, 0.6) is 0 Å². The van der Waals surface area contributed by atoms with Crippen molar-refractivity contribution in [1.29, 1.82) is 0 Å². The zero-order chi connectivity index (χ0) is 12.3. The van der Waals surface area contributed by atoms with Gasteiger partial charge in [0.25, 0.3) is 0 Å². The van der Waals surface area contributed by atoms with E-state index < -0.39 is 0 Å². The van der Waals surface area contributed by atoms with E-state index in [1.54, 1.807) is 0 Å². The molecule has 2 N–H and O–H groups in total. The van der Waals surface area contributed by atoms with Crippen LogP contribution in [0.1, 0.15) is 45.0 Å². The highest BCUT2D eigenvalue weighted by Crippen LogP contribution is 2.20. The van der Waals surface area contributed by atoms with E-state index in [2.05, 4.69) is 44.3 Å². The Bertz CT molecular complexity index is 339. The maximum atomic E-state index is 8.78. The Hall–Kier alpha value is -0.870. The second kappa shape index (κ2) is 4.97. The third-order valence-electron chi connectivity index (χ3n) is 2.65. The molecule has 0 saturated heterocycles. The summed E-state index contributed by atoms with van der Waals surface area (Å²) < 4.78 is 1.99. The Labute approximate surface area is 97.7 Å². The molecular weight excluding hydrogens is 202 g/mol. The fraction of sp³-hybridized carbons (Fsp3) is 0.750. The molecular formula is C12H23N3O. The standard InChI is InChI=1S/C12H23N3O/c1-9(13-6-7-16)11-8-15(12(3,4)5)14-10(11)2/h8-9,13,16H,6-7H2,1-5H3. The molecule has 0 spiro atoms. The molecule has 4 heteroatoms. The van der Waals surface area contributed by atoms with E-state index in [1.807, 2.05) is 11.6 Å². The normalized spacial score (nSPS) is 14.1. The SMILES string of the molecule is Cc1nn(C(C)(C)C)cc1C(C)NCCO. The maximum absolute atomic E-state index is 8.78. The lowest BCUT2D eigenvalue weighted by molar-refractivity contribution is 0.286. The van der Waals surface area contributed by atoms with Crippen LogP contribution < -0.4 is 5.32 Å². The first-order valence-corrected chi connectivity index (χ1v) is 5.77. The smallest absolute Gasteiger partial charge is 0.0641 e. The van der Waals surface area contributed by atoms with Crippen LogP contribution in [0.15, 0.2) is 6.20 Å². The van der Waals surface area contributed by atoms with E-state index in [4.69, 9.17) is 5.11 Å². The van der Waals surface area contributed by atoms with Crippen molar-refractivity contribution in [2.45, 2.75) is 46.2 Å². The Morgan fingerprint density at radius 2 is 2.12 bits per heavy atom. The molecule has 0 aliphatic heterocycles. The van der Waals surface area contributed by atoms with Gasteiger partial charge >= 0.3 is 0 Å². The Morgan fingerprint density at radius 1 is 1.50 bits per heavy atom. The molecule has 1 heterocycles. The van der Waals surface area contributed by atoms with Crippen molar-refractivity contribution in [3.05, 3.63) is 17.5 Å². The van der Waals surface area contributed by atoms with E-state index in [0.717, 1.165) is 5.69 Å². The lowest BCUT2D eigenvalue weighted by Crippen LogP contribution is -2.23. The molecule has 0 radical (unpaired) electrons. The van der Waals surface area contributed by atoms with Crippen LogP contribution in [0, 0.1) is 6.92 Å². The maximum Gasteiger partial charge on any atom is 0.0641 e. The third kappa shape index (κ3) is 3.06. The molecule has 0 aliphatic rings. The zero-order valence-electron chi connectivity index (χ0n) is 10.9. The van der Waals surface area contributed by atoms with Gasteiger partial charge < -0.3 is 10.4 Å². The van der Waals surface area contributed by atoms with Gasteiger partial charge in [-0.25, -0.2) is 0 Å². The number of aromatic nitrogens is 2. The van der Waals surface area contributed by atoms with Crippen molar-refractivity contribution in [3.63, 3.8) is 0 Å². The van der Waals surface area contributed by atoms with E-state index in [1.165, 1.54) is 5.56 Å². The molecule has 92 valence electrons. The molecule has 1 unspecified atom stereocenters. The summed E-state index contributed by atoms with van der Waals surface area (Å²) in [7, 11) is 0. The van der Waals surface area contributed by atoms with Crippen LogP contribution in [0.25, 0.3) is 0 Å². The van der Waals surface area contributed by atoms with Crippen molar-refractivity contribution < 1.29 is 5.11 Å². The lowest BCUT2D eigenvalue weighted by Gasteiger charge is -2.19. The number of nitrogens with one attached hydrogen (secondary N) is 1. The fourth-order valence-corrected chi connectivity index (χ4v) is 1.63. The van der Waals surface area contributed by atoms with Crippen LogP contribution in [0.4, 0.5) is 0 Å². The highest BCUT2D eigenvalue weighted by atomic mass is 16.3. The van der Waals surface area contributed by atoms with E-state index >= 15 is 0 Å². The summed E-state index contributed by atoms with van der Waals surface area (Å²) in [4.78, 5) is 0. The predicted octanol–water partition coefficient (Wildman–Crippen LogP) is 1.59. The molecule has 0 aliphatic carbocycles. The van der Waals surface area contributed by atoms with Crippen molar-refractivity contribution in [3.8, 4) is 0 Å². The molecule has 0 fully saturated rings. The number of aliphatic hydroxyl groups excluding tert-OH is 1. The molecule has 0 amide bonds. The van der Waals surface area contributed by atoms with Crippen LogP contribution in [-0.2, 0) is 5.54 Å². The topological polar surface area (TPSA) is 50.1 Å². The van der Waals surface area contributed by atoms with Gasteiger partial charge in [-0.15, -0.1) is 0 Å². The number of aryl methyl sites for hydroxylation is 1. The van der Waals surface area contributed by atoms with Gasteiger partial charge in [-0.2, -0.15) is 5.10 Å². The Morgan fingerprint density at radius 3 is 2.56 bits per heavy atom. The van der Waals surface area contributed by atoms with Gasteiger partial charge in [0, 0.05) is 24.3 Å². The number of rotatable bonds is 4. The summed E-state index contributed by atoms with van der Waals surface area (Å²) in [6.07, 6.45) is 2.09. The Balaban J connectivity index is 2.85. The quantitative estimate of drug-likeness (QED) is 0.818. The van der Waals surface area contributed by atoms with Gasteiger partial charge in [-0.1, -0.05) is 0 Å². The van der Waals surface area contributed by atoms with Crippen LogP contribution in [-0.4, -0.2) is 28.0 Å². The lowest BCUT2D eigenvalue weighted by atomic mass is 10.1. The monoisotopic (exact) mass is 225 g/mol. The van der Waals surface area contributed by atoms with Gasteiger partial charge in [0.15, 0.2) is 0 Å². The van der Waals surface area contributed by atoms with E-state index in [9.17, 15) is 0 Å². The summed E-state index contributed by atoms with van der Waals surface area (Å²) in [6, 6.07) is 0.225. The zero-order valence-corrected chi connectivity index (χ0v) is 10.9. The molecule has 16 heavy (non-hydrogen) atoms. The highest BCUT2D eigenvalue weighted by molar-refractivity contribution is 5.20. The average Bonchev–Trinajstić information content (AvgIpc) is 2.56. The van der Waals surface area contributed by atoms with Crippen LogP contribution in [0.3, 0.4) is 0 Å². The van der Waals surface area contributed by atoms with Gasteiger partial charge in [0.2, 0.25) is 0 Å². The minimum Gasteiger partial charge on any atom is -0.395 e. The number of aliphatic hydroxyl groups is 1. The second-order valence-corrected chi connectivity index (χ2v) is 5.18. The van der Waals surface area contributed by atoms with Crippen molar-refractivity contribution in [2.24, 2.45) is 0 Å². The first-order chi connectivity index (χ1) is 7.36. The minimum absolute atomic E-state index is 0.0136. The molecule has 1 aromatic rings. The van der Waals surface area contributed by atoms with Crippen molar-refractivity contribution in [1.82, 2.24) is 15.1 Å². The summed E-state index contributed by atoms with van der Waals surface area (Å²) in [5, 5.41) is 16.6. The van der Waals surface area contributed by atoms with E-state index in [-0.39, 0.29) is 18.2 Å². The average molecular weight is 225 g/mol. The molecule has 0 bridgehead atoms. The molecule has 1 atom stereocenters. The first kappa shape index (κ1) is 13.2. The summed E-state index contributed by atoms with van der Waals surface area (Å²) in [5.74, 6) is 0. The molecule has 1 aromatic heterocycles. The first-order valence-electron chi connectivity index (χ1n) is 5.77. The minimum atomic E-state index is 0.0136. The van der Waals surface area contributed by atoms with Gasteiger partial charge in [-0.3, -0.25) is 4.68 Å². The fourth-order valence-electron chi connectivity index (χ4n) is 1.63. The number of hydrogen-bond acceptors (Lipinski definition) is 3.